The van der Waals surface area contributed by atoms with E-state index >= 15 is 0 Å². The zero-order valence-corrected chi connectivity index (χ0v) is 21.4. The maximum Gasteiger partial charge on any atom is 0.416 e. The molecule has 0 unspecified atom stereocenters. The van der Waals surface area contributed by atoms with Crippen molar-refractivity contribution >= 4 is 5.57 Å². The number of rotatable bonds is 8. The van der Waals surface area contributed by atoms with Crippen LogP contribution in [0.2, 0.25) is 0 Å². The van der Waals surface area contributed by atoms with Crippen LogP contribution in [0.15, 0.2) is 42.0 Å². The average Bonchev–Trinajstić information content (AvgIpc) is 2.87. The summed E-state index contributed by atoms with van der Waals surface area (Å²) in [6, 6.07) is 7.57. The second kappa shape index (κ2) is 11.7. The molecule has 9 heteroatoms. The Bertz CT molecular complexity index is 1110. The number of nitrogens with zero attached hydrogens (tertiary/aromatic N) is 1. The molecule has 1 fully saturated rings. The van der Waals surface area contributed by atoms with E-state index in [2.05, 4.69) is 11.8 Å². The van der Waals surface area contributed by atoms with Crippen molar-refractivity contribution in [2.24, 2.45) is 5.92 Å². The Morgan fingerprint density at radius 2 is 1.58 bits per heavy atom. The fourth-order valence-corrected chi connectivity index (χ4v) is 5.32. The van der Waals surface area contributed by atoms with E-state index in [1.54, 1.807) is 0 Å². The molecule has 1 heterocycles. The molecule has 0 spiro atoms. The molecule has 0 radical (unpaired) electrons. The average molecular weight is 542 g/mol. The third-order valence-electron chi connectivity index (χ3n) is 7.61. The molecule has 0 amide bonds. The minimum atomic E-state index is -4.85. The third-order valence-corrected chi connectivity index (χ3v) is 7.61. The van der Waals surface area contributed by atoms with E-state index in [9.17, 15) is 31.4 Å². The van der Waals surface area contributed by atoms with E-state index < -0.39 is 23.5 Å². The summed E-state index contributed by atoms with van der Waals surface area (Å²) < 4.78 is 84.3. The smallest absolute Gasteiger partial charge is 0.416 e. The van der Waals surface area contributed by atoms with Gasteiger partial charge in [0.1, 0.15) is 5.75 Å². The minimum Gasteiger partial charge on any atom is -0.494 e. The number of hydrogen-bond acceptors (Lipinski definition) is 3. The van der Waals surface area contributed by atoms with Gasteiger partial charge in [-0.1, -0.05) is 11.6 Å². The molecule has 38 heavy (non-hydrogen) atoms. The fraction of sp³-hybridized carbons (Fsp3) is 0.517. The summed E-state index contributed by atoms with van der Waals surface area (Å²) in [5.41, 5.74) is 2.45. The summed E-state index contributed by atoms with van der Waals surface area (Å²) in [5, 5.41) is 9.35. The molecule has 2 aromatic carbocycles. The van der Waals surface area contributed by atoms with Crippen molar-refractivity contribution in [2.45, 2.75) is 57.8 Å². The van der Waals surface area contributed by atoms with Crippen LogP contribution in [-0.4, -0.2) is 42.9 Å². The molecule has 2 aliphatic rings. The van der Waals surface area contributed by atoms with Gasteiger partial charge < -0.3 is 9.84 Å². The molecule has 1 saturated heterocycles. The summed E-state index contributed by atoms with van der Waals surface area (Å²) >= 11 is 0. The number of piperidine rings is 1. The quantitative estimate of drug-likeness (QED) is 0.284. The van der Waals surface area contributed by atoms with Crippen molar-refractivity contribution in [3.05, 3.63) is 69.8 Å². The highest BCUT2D eigenvalue weighted by Gasteiger charge is 2.36. The fourth-order valence-electron chi connectivity index (χ4n) is 5.32. The van der Waals surface area contributed by atoms with Gasteiger partial charge in [-0.25, -0.2) is 0 Å². The van der Waals surface area contributed by atoms with E-state index in [0.717, 1.165) is 57.5 Å². The zero-order chi connectivity index (χ0) is 27.5. The highest BCUT2D eigenvalue weighted by molar-refractivity contribution is 5.72. The van der Waals surface area contributed by atoms with Crippen LogP contribution in [0, 0.1) is 5.92 Å². The van der Waals surface area contributed by atoms with Gasteiger partial charge in [0.2, 0.25) is 0 Å². The summed E-state index contributed by atoms with van der Waals surface area (Å²) in [7, 11) is 0. The van der Waals surface area contributed by atoms with Gasteiger partial charge in [0.05, 0.1) is 17.7 Å². The van der Waals surface area contributed by atoms with Gasteiger partial charge in [-0.2, -0.15) is 26.3 Å². The topological polar surface area (TPSA) is 32.7 Å². The molecule has 4 rings (SSSR count). The SMILES string of the molecule is CC1=C(CN2CCC(CO)CC2)CCc2cc(OCCCc3cc(C(F)(F)F)cc(C(F)(F)F)c3)ccc21. The van der Waals surface area contributed by atoms with Crippen molar-refractivity contribution < 1.29 is 36.2 Å². The maximum atomic E-state index is 13.1. The van der Waals surface area contributed by atoms with Crippen LogP contribution in [0.4, 0.5) is 26.3 Å². The Balaban J connectivity index is 1.34. The van der Waals surface area contributed by atoms with Crippen molar-refractivity contribution in [3.63, 3.8) is 0 Å². The van der Waals surface area contributed by atoms with Crippen LogP contribution in [0.1, 0.15) is 60.4 Å². The molecule has 1 N–H and O–H groups in total. The van der Waals surface area contributed by atoms with Crippen molar-refractivity contribution in [1.29, 1.82) is 0 Å². The normalized spacial score (nSPS) is 17.6. The van der Waals surface area contributed by atoms with Crippen LogP contribution in [0.5, 0.6) is 5.75 Å². The van der Waals surface area contributed by atoms with Gasteiger partial charge in [-0.15, -0.1) is 0 Å². The molecule has 1 aliphatic carbocycles. The first-order valence-electron chi connectivity index (χ1n) is 13.0. The summed E-state index contributed by atoms with van der Waals surface area (Å²) in [4.78, 5) is 2.45. The van der Waals surface area contributed by atoms with Gasteiger partial charge >= 0.3 is 12.4 Å². The lowest BCUT2D eigenvalue weighted by Crippen LogP contribution is -2.36. The summed E-state index contributed by atoms with van der Waals surface area (Å²) in [6.07, 6.45) is -5.48. The number of fused-ring (bicyclic) bond motifs is 1. The molecule has 0 aromatic heterocycles. The second-order valence-electron chi connectivity index (χ2n) is 10.3. The number of likely N-dealkylation sites (tertiary alicyclic amines) is 1. The first kappa shape index (κ1) is 28.5. The molecular weight excluding hydrogens is 508 g/mol. The largest absolute Gasteiger partial charge is 0.494 e. The Morgan fingerprint density at radius 1 is 0.921 bits per heavy atom. The molecule has 208 valence electrons. The third kappa shape index (κ3) is 7.11. The first-order valence-corrected chi connectivity index (χ1v) is 13.0. The Labute approximate surface area is 219 Å². The van der Waals surface area contributed by atoms with Crippen LogP contribution in [0.25, 0.3) is 5.57 Å². The van der Waals surface area contributed by atoms with Crippen LogP contribution < -0.4 is 4.74 Å². The van der Waals surface area contributed by atoms with E-state index in [1.807, 2.05) is 18.2 Å². The van der Waals surface area contributed by atoms with Crippen molar-refractivity contribution in [3.8, 4) is 5.75 Å². The number of halogens is 6. The number of aliphatic hydroxyl groups is 1. The number of ether oxygens (including phenoxy) is 1. The number of benzene rings is 2. The van der Waals surface area contributed by atoms with Crippen molar-refractivity contribution in [2.75, 3.05) is 32.8 Å². The Hall–Kier alpha value is -2.52. The maximum absolute atomic E-state index is 13.1. The van der Waals surface area contributed by atoms with E-state index in [-0.39, 0.29) is 37.7 Å². The zero-order valence-electron chi connectivity index (χ0n) is 21.4. The lowest BCUT2D eigenvalue weighted by atomic mass is 9.85. The van der Waals surface area contributed by atoms with Crippen molar-refractivity contribution in [1.82, 2.24) is 4.90 Å². The monoisotopic (exact) mass is 541 g/mol. The number of allylic oxidation sites excluding steroid dienone is 1. The van der Waals surface area contributed by atoms with E-state index in [1.165, 1.54) is 22.3 Å². The van der Waals surface area contributed by atoms with Crippen LogP contribution >= 0.6 is 0 Å². The van der Waals surface area contributed by atoms with Gasteiger partial charge in [0.25, 0.3) is 0 Å². The lowest BCUT2D eigenvalue weighted by Gasteiger charge is -2.33. The van der Waals surface area contributed by atoms with E-state index in [0.29, 0.717) is 11.7 Å². The first-order chi connectivity index (χ1) is 17.9. The van der Waals surface area contributed by atoms with Gasteiger partial charge in [0.15, 0.2) is 0 Å². The number of aliphatic hydroxyl groups excluding tert-OH is 1. The summed E-state index contributed by atoms with van der Waals surface area (Å²) in [5.74, 6) is 1.06. The highest BCUT2D eigenvalue weighted by Crippen LogP contribution is 2.37. The van der Waals surface area contributed by atoms with E-state index in [4.69, 9.17) is 4.74 Å². The standard InChI is InChI=1S/C29H33F6NO2/c1-19-23(17-36-10-8-20(18-37)9-11-36)5-4-22-15-26(6-7-27(19)22)38-12-2-3-21-13-24(28(30,31)32)16-25(14-21)29(33,34)35/h6-7,13-16,20,37H,2-5,8-12,17-18H2,1H3. The van der Waals surface area contributed by atoms with Gasteiger partial charge in [-0.3, -0.25) is 4.90 Å². The lowest BCUT2D eigenvalue weighted by molar-refractivity contribution is -0.143. The molecule has 1 aliphatic heterocycles. The number of alkyl halides is 6. The summed E-state index contributed by atoms with van der Waals surface area (Å²) in [6.45, 7) is 5.52. The molecule has 0 atom stereocenters. The highest BCUT2D eigenvalue weighted by atomic mass is 19.4. The molecular formula is C29H33F6NO2. The Kier molecular flexibility index (Phi) is 8.77. The molecule has 0 bridgehead atoms. The van der Waals surface area contributed by atoms with Crippen LogP contribution in [0.3, 0.4) is 0 Å². The van der Waals surface area contributed by atoms with Gasteiger partial charge in [0, 0.05) is 13.2 Å². The van der Waals surface area contributed by atoms with Gasteiger partial charge in [-0.05, 0) is 117 Å². The Morgan fingerprint density at radius 3 is 2.18 bits per heavy atom. The predicted octanol–water partition coefficient (Wildman–Crippen LogP) is 7.16. The number of aryl methyl sites for hydroxylation is 2. The van der Waals surface area contributed by atoms with Crippen LogP contribution in [-0.2, 0) is 25.2 Å². The molecule has 3 nitrogen and oxygen atoms in total. The minimum absolute atomic E-state index is 0.0185. The number of hydrogen-bond donors (Lipinski definition) is 1. The molecule has 2 aromatic rings. The molecule has 0 saturated carbocycles. The predicted molar refractivity (Wildman–Crippen MR) is 134 cm³/mol. The second-order valence-corrected chi connectivity index (χ2v) is 10.3.